The molecule has 0 spiro atoms. The Hall–Kier alpha value is -9.09. The van der Waals surface area contributed by atoms with Gasteiger partial charge in [0, 0.05) is 70.6 Å². The second kappa shape index (κ2) is 26.7. The maximum Gasteiger partial charge on any atom is 0.416 e. The van der Waals surface area contributed by atoms with Crippen molar-refractivity contribution in [1.82, 2.24) is 18.7 Å². The van der Waals surface area contributed by atoms with E-state index in [-0.39, 0.29) is 34.7 Å². The van der Waals surface area contributed by atoms with Crippen LogP contribution in [-0.2, 0) is 45.5 Å². The number of aromatic nitrogens is 4. The molecule has 85 heavy (non-hydrogen) atoms. The number of nitrogens with zero attached hydrogens (tertiary/aromatic N) is 6. The van der Waals surface area contributed by atoms with E-state index in [1.165, 1.54) is 46.6 Å². The van der Waals surface area contributed by atoms with Gasteiger partial charge < -0.3 is 39.0 Å². The topological polar surface area (TPSA) is 267 Å². The minimum absolute atomic E-state index is 0.0907. The summed E-state index contributed by atoms with van der Waals surface area (Å²) in [6.45, 7) is -0.782. The van der Waals surface area contributed by atoms with Gasteiger partial charge in [-0.1, -0.05) is 0 Å². The van der Waals surface area contributed by atoms with Crippen molar-refractivity contribution in [3.8, 4) is 40.2 Å². The third kappa shape index (κ3) is 15.8. The fraction of sp³-hybridized carbons (Fsp3) is 0.160. The van der Waals surface area contributed by atoms with E-state index in [2.05, 4.69) is 18.7 Å². The molecule has 20 nitrogen and oxygen atoms in total. The van der Waals surface area contributed by atoms with Crippen LogP contribution >= 0.6 is 23.1 Å². The molecule has 0 aliphatic carbocycles. The molecule has 0 radical (unpaired) electrons. The molecule has 3 N–H and O–H groups in total. The SMILES string of the molecule is COc1ccc(CN(c2ncns2)S(=O)(=O)c2cc(F)c(F)cc2F)c(OC)c1.COc1ccc(CN(c2ncns2)S(=O)(=O)c2cc(F)c(Oc3cc(C(=O)O)cc(C(F)(F)F)c3)cc2F)c(OC)c1.O=C(O)c1cc(O)cc(C(F)(F)F)c1. The van der Waals surface area contributed by atoms with Crippen LogP contribution < -0.4 is 32.3 Å². The average molecular weight is 1280 g/mol. The third-order valence-corrected chi connectivity index (χ3v) is 16.2. The molecule has 8 aromatic rings. The highest BCUT2D eigenvalue weighted by Crippen LogP contribution is 2.39. The van der Waals surface area contributed by atoms with Gasteiger partial charge in [-0.25, -0.2) is 67.0 Å². The van der Waals surface area contributed by atoms with Crippen LogP contribution in [-0.4, -0.2) is 91.2 Å². The van der Waals surface area contributed by atoms with Gasteiger partial charge in [-0.3, -0.25) is 0 Å². The van der Waals surface area contributed by atoms with E-state index in [4.69, 9.17) is 39.0 Å². The number of phenols is 1. The molecule has 8 rings (SSSR count). The fourth-order valence-electron chi connectivity index (χ4n) is 7.04. The van der Waals surface area contributed by atoms with Crippen molar-refractivity contribution < 1.29 is 114 Å². The number of carboxylic acids is 2. The van der Waals surface area contributed by atoms with Crippen molar-refractivity contribution in [2.45, 2.75) is 35.2 Å². The number of benzene rings is 6. The highest BCUT2D eigenvalue weighted by Gasteiger charge is 2.36. The molecule has 0 fully saturated rings. The second-order valence-electron chi connectivity index (χ2n) is 16.5. The molecule has 0 saturated heterocycles. The average Bonchev–Trinajstić information content (AvgIpc) is 2.18. The zero-order valence-electron chi connectivity index (χ0n) is 43.1. The first-order valence-corrected chi connectivity index (χ1v) is 27.2. The number of halogens is 11. The van der Waals surface area contributed by atoms with E-state index in [0.717, 1.165) is 34.6 Å². The summed E-state index contributed by atoms with van der Waals surface area (Å²) in [6.07, 6.45) is -7.47. The predicted octanol–water partition coefficient (Wildman–Crippen LogP) is 11.2. The monoisotopic (exact) mass is 1280 g/mol. The van der Waals surface area contributed by atoms with Crippen molar-refractivity contribution in [2.75, 3.05) is 37.0 Å². The number of aromatic hydroxyl groups is 1. The Labute approximate surface area is 480 Å². The molecule has 0 saturated carbocycles. The molecule has 0 aliphatic heterocycles. The molecule has 0 bridgehead atoms. The Morgan fingerprint density at radius 2 is 0.929 bits per heavy atom. The van der Waals surface area contributed by atoms with Crippen molar-refractivity contribution >= 4 is 65.3 Å². The first kappa shape index (κ1) is 65.1. The standard InChI is InChI=1S/C25H18F5N3O7S2.C17H14F3N3O4S2.C8H5F3O3/c1-38-16-4-3-13(20(8-16)39-2)11-33(24-31-12-32-41-24)42(36,37)22-10-18(26)21(9-19(22)27)40-17-6-14(23(34)35)5-15(7-17)25(28,29)30;1-26-11-4-3-10(15(5-11)27-2)8-23(17-21-9-22-28-17)29(24,25)16-7-13(19)12(18)6-14(16)20;9-8(10,11)5-1-4(7(13)14)2-6(12)3-5/h3-10,12H,11H2,1-2H3,(H,34,35);3-7,9H,8H2,1-2H3;1-3,12H,(H,13,14). The van der Waals surface area contributed by atoms with Crippen LogP contribution in [0.5, 0.6) is 40.2 Å². The van der Waals surface area contributed by atoms with E-state index in [1.54, 1.807) is 18.2 Å². The van der Waals surface area contributed by atoms with Gasteiger partial charge in [-0.2, -0.15) is 35.1 Å². The number of hydrogen-bond donors (Lipinski definition) is 3. The van der Waals surface area contributed by atoms with Gasteiger partial charge in [0.15, 0.2) is 23.2 Å². The quantitative estimate of drug-likeness (QED) is 0.0532. The number of aromatic carboxylic acids is 2. The number of carboxylic acid groups (broad SMARTS) is 2. The van der Waals surface area contributed by atoms with E-state index in [9.17, 15) is 65.9 Å². The molecule has 0 unspecified atom stereocenters. The second-order valence-corrected chi connectivity index (χ2v) is 21.6. The summed E-state index contributed by atoms with van der Waals surface area (Å²) in [7, 11) is -3.96. The molecule has 2 aromatic heterocycles. The van der Waals surface area contributed by atoms with E-state index >= 15 is 8.78 Å². The molecule has 0 aliphatic rings. The number of phenolic OH excluding ortho intramolecular Hbond substituents is 1. The number of methoxy groups -OCH3 is 4. The normalized spacial score (nSPS) is 11.5. The number of hydrogen-bond acceptors (Lipinski definition) is 18. The summed E-state index contributed by atoms with van der Waals surface area (Å²) < 4.78 is 236. The van der Waals surface area contributed by atoms with Gasteiger partial charge in [0.2, 0.25) is 10.3 Å². The van der Waals surface area contributed by atoms with Gasteiger partial charge in [0.05, 0.1) is 63.8 Å². The van der Waals surface area contributed by atoms with Crippen molar-refractivity contribution in [2.24, 2.45) is 0 Å². The maximum absolute atomic E-state index is 15.3. The number of alkyl halides is 6. The predicted molar refractivity (Wildman–Crippen MR) is 277 cm³/mol. The number of carbonyl (C=O) groups is 2. The first-order valence-electron chi connectivity index (χ1n) is 22.7. The minimum atomic E-state index is -4.98. The van der Waals surface area contributed by atoms with Crippen LogP contribution in [0.15, 0.2) is 120 Å². The lowest BCUT2D eigenvalue weighted by atomic mass is 10.1. The lowest BCUT2D eigenvalue weighted by Gasteiger charge is -2.23. The minimum Gasteiger partial charge on any atom is -0.508 e. The highest BCUT2D eigenvalue weighted by atomic mass is 32.2. The van der Waals surface area contributed by atoms with Crippen LogP contribution in [0.4, 0.5) is 58.6 Å². The molecule has 35 heteroatoms. The molecule has 0 atom stereocenters. The third-order valence-electron chi connectivity index (χ3n) is 11.0. The summed E-state index contributed by atoms with van der Waals surface area (Å²) in [6, 6.07) is 13.3. The molecule has 2 heterocycles. The van der Waals surface area contributed by atoms with Crippen LogP contribution in [0, 0.1) is 29.1 Å². The van der Waals surface area contributed by atoms with Gasteiger partial charge in [0.1, 0.15) is 68.6 Å². The van der Waals surface area contributed by atoms with Crippen molar-refractivity contribution in [3.05, 3.63) is 172 Å². The van der Waals surface area contributed by atoms with Crippen LogP contribution in [0.25, 0.3) is 0 Å². The van der Waals surface area contributed by atoms with Gasteiger partial charge in [0.25, 0.3) is 20.0 Å². The zero-order valence-corrected chi connectivity index (χ0v) is 46.4. The van der Waals surface area contributed by atoms with Crippen LogP contribution in [0.3, 0.4) is 0 Å². The Bertz CT molecular complexity index is 3960. The van der Waals surface area contributed by atoms with Crippen LogP contribution in [0.1, 0.15) is 43.0 Å². The van der Waals surface area contributed by atoms with Gasteiger partial charge in [-0.15, -0.1) is 0 Å². The molecule has 6 aromatic carbocycles. The lowest BCUT2D eigenvalue weighted by Crippen LogP contribution is -2.31. The van der Waals surface area contributed by atoms with E-state index in [0.29, 0.717) is 86.7 Å². The van der Waals surface area contributed by atoms with Gasteiger partial charge in [-0.05, 0) is 60.7 Å². The molecule has 0 amide bonds. The Morgan fingerprint density at radius 1 is 0.506 bits per heavy atom. The molecular formula is C50H37F11N6O14S4. The Kier molecular flexibility index (Phi) is 20.4. The summed E-state index contributed by atoms with van der Waals surface area (Å²) in [5.41, 5.74) is -3.33. The van der Waals surface area contributed by atoms with Crippen molar-refractivity contribution in [3.63, 3.8) is 0 Å². The highest BCUT2D eigenvalue weighted by molar-refractivity contribution is 7.93. The largest absolute Gasteiger partial charge is 0.508 e. The summed E-state index contributed by atoms with van der Waals surface area (Å²) >= 11 is 1.39. The van der Waals surface area contributed by atoms with Gasteiger partial charge >= 0.3 is 24.3 Å². The Morgan fingerprint density at radius 3 is 1.34 bits per heavy atom. The summed E-state index contributed by atoms with van der Waals surface area (Å²) in [5, 5.41) is 26.1. The van der Waals surface area contributed by atoms with E-state index < -0.39 is 129 Å². The Balaban J connectivity index is 0.000000231. The first-order chi connectivity index (χ1) is 39.8. The summed E-state index contributed by atoms with van der Waals surface area (Å²) in [5.74, 6) is -11.8. The lowest BCUT2D eigenvalue weighted by molar-refractivity contribution is -0.138. The molecule has 452 valence electrons. The van der Waals surface area contributed by atoms with Crippen molar-refractivity contribution in [1.29, 1.82) is 0 Å². The maximum atomic E-state index is 15.3. The van der Waals surface area contributed by atoms with E-state index in [1.807, 2.05) is 0 Å². The number of anilines is 2. The zero-order chi connectivity index (χ0) is 62.9. The summed E-state index contributed by atoms with van der Waals surface area (Å²) in [4.78, 5) is 27.2. The molecular weight excluding hydrogens is 1250 g/mol. The smallest absolute Gasteiger partial charge is 0.416 e. The number of ether oxygens (including phenoxy) is 5. The number of rotatable bonds is 18. The fourth-order valence-corrected chi connectivity index (χ4v) is 11.4. The van der Waals surface area contributed by atoms with Crippen LogP contribution in [0.2, 0.25) is 0 Å². The number of sulfonamides is 2.